The fourth-order valence-corrected chi connectivity index (χ4v) is 1.43. The van der Waals surface area contributed by atoms with E-state index in [1.165, 1.54) is 6.92 Å². The summed E-state index contributed by atoms with van der Waals surface area (Å²) in [6, 6.07) is 7.41. The lowest BCUT2D eigenvalue weighted by Gasteiger charge is -2.10. The minimum atomic E-state index is -0.305. The van der Waals surface area contributed by atoms with Crippen molar-refractivity contribution in [1.29, 1.82) is 0 Å². The van der Waals surface area contributed by atoms with E-state index in [4.69, 9.17) is 10.5 Å². The normalized spacial score (nSPS) is 12.2. The van der Waals surface area contributed by atoms with Crippen LogP contribution in [0.15, 0.2) is 24.3 Å². The van der Waals surface area contributed by atoms with Crippen LogP contribution in [-0.2, 0) is 4.79 Å². The van der Waals surface area contributed by atoms with E-state index in [1.807, 2.05) is 12.1 Å². The van der Waals surface area contributed by atoms with Crippen molar-refractivity contribution >= 4 is 5.97 Å². The van der Waals surface area contributed by atoms with Crippen molar-refractivity contribution < 1.29 is 9.53 Å². The highest BCUT2D eigenvalue weighted by Gasteiger charge is 2.05. The lowest BCUT2D eigenvalue weighted by Crippen LogP contribution is -2.09. The van der Waals surface area contributed by atoms with Gasteiger partial charge >= 0.3 is 5.97 Å². The largest absolute Gasteiger partial charge is 0.427 e. The number of ether oxygens (including phenoxy) is 1. The molecule has 82 valence electrons. The van der Waals surface area contributed by atoms with Crippen LogP contribution in [0.3, 0.4) is 0 Å². The van der Waals surface area contributed by atoms with Gasteiger partial charge in [0.15, 0.2) is 0 Å². The minimum Gasteiger partial charge on any atom is -0.427 e. The van der Waals surface area contributed by atoms with Gasteiger partial charge in [-0.25, -0.2) is 0 Å². The Morgan fingerprint density at radius 2 is 2.00 bits per heavy atom. The number of nitrogens with two attached hydrogens (primary N) is 1. The smallest absolute Gasteiger partial charge is 0.308 e. The molecular formula is C12H17NO2. The van der Waals surface area contributed by atoms with Crippen LogP contribution in [0, 0.1) is 0 Å². The molecule has 1 atom stereocenters. The maximum atomic E-state index is 10.7. The molecule has 0 radical (unpaired) electrons. The molecule has 3 heteroatoms. The zero-order valence-corrected chi connectivity index (χ0v) is 9.19. The van der Waals surface area contributed by atoms with Crippen LogP contribution in [0.2, 0.25) is 0 Å². The van der Waals surface area contributed by atoms with Gasteiger partial charge in [0.1, 0.15) is 5.75 Å². The van der Waals surface area contributed by atoms with E-state index >= 15 is 0 Å². The van der Waals surface area contributed by atoms with Crippen LogP contribution in [0.1, 0.15) is 38.3 Å². The highest BCUT2D eigenvalue weighted by Crippen LogP contribution is 2.19. The molecule has 0 bridgehead atoms. The van der Waals surface area contributed by atoms with E-state index in [2.05, 4.69) is 6.92 Å². The Labute approximate surface area is 90.2 Å². The number of esters is 1. The molecule has 0 heterocycles. The van der Waals surface area contributed by atoms with Gasteiger partial charge in [-0.2, -0.15) is 0 Å². The van der Waals surface area contributed by atoms with Crippen LogP contribution >= 0.6 is 0 Å². The second kappa shape index (κ2) is 5.51. The van der Waals surface area contributed by atoms with Crippen molar-refractivity contribution in [2.45, 2.75) is 32.7 Å². The number of benzene rings is 1. The van der Waals surface area contributed by atoms with Gasteiger partial charge < -0.3 is 10.5 Å². The van der Waals surface area contributed by atoms with Gasteiger partial charge in [-0.15, -0.1) is 0 Å². The van der Waals surface area contributed by atoms with Gasteiger partial charge in [-0.3, -0.25) is 4.79 Å². The molecule has 0 unspecified atom stereocenters. The Hall–Kier alpha value is -1.35. The topological polar surface area (TPSA) is 52.3 Å². The molecular weight excluding hydrogens is 190 g/mol. The number of hydrogen-bond donors (Lipinski definition) is 1. The molecule has 1 aromatic carbocycles. The van der Waals surface area contributed by atoms with Gasteiger partial charge in [0.05, 0.1) is 0 Å². The zero-order chi connectivity index (χ0) is 11.3. The highest BCUT2D eigenvalue weighted by atomic mass is 16.5. The lowest BCUT2D eigenvalue weighted by molar-refractivity contribution is -0.131. The molecule has 0 spiro atoms. The first kappa shape index (κ1) is 11.7. The molecule has 0 aliphatic carbocycles. The number of carbonyl (C=O) groups is 1. The fraction of sp³-hybridized carbons (Fsp3) is 0.417. The van der Waals surface area contributed by atoms with Crippen molar-refractivity contribution in [3.05, 3.63) is 29.8 Å². The molecule has 0 aliphatic heterocycles. The van der Waals surface area contributed by atoms with E-state index in [0.29, 0.717) is 5.75 Å². The average molecular weight is 207 g/mol. The predicted molar refractivity (Wildman–Crippen MR) is 59.6 cm³/mol. The van der Waals surface area contributed by atoms with E-state index in [0.717, 1.165) is 18.4 Å². The first-order valence-electron chi connectivity index (χ1n) is 5.17. The Morgan fingerprint density at radius 3 is 2.47 bits per heavy atom. The second-order valence-electron chi connectivity index (χ2n) is 3.56. The summed E-state index contributed by atoms with van der Waals surface area (Å²) in [7, 11) is 0. The van der Waals surface area contributed by atoms with Crippen LogP contribution in [0.4, 0.5) is 0 Å². The summed E-state index contributed by atoms with van der Waals surface area (Å²) in [4.78, 5) is 10.7. The van der Waals surface area contributed by atoms with Crippen LogP contribution in [-0.4, -0.2) is 5.97 Å². The highest BCUT2D eigenvalue weighted by molar-refractivity contribution is 5.69. The van der Waals surface area contributed by atoms with Gasteiger partial charge in [0.25, 0.3) is 0 Å². The van der Waals surface area contributed by atoms with Crippen molar-refractivity contribution in [2.75, 3.05) is 0 Å². The molecule has 0 aliphatic rings. The summed E-state index contributed by atoms with van der Waals surface area (Å²) < 4.78 is 4.93. The van der Waals surface area contributed by atoms with Crippen molar-refractivity contribution in [2.24, 2.45) is 5.73 Å². The molecule has 1 rings (SSSR count). The molecule has 0 saturated carbocycles. The average Bonchev–Trinajstić information content (AvgIpc) is 2.18. The summed E-state index contributed by atoms with van der Waals surface area (Å²) in [5, 5.41) is 0. The monoisotopic (exact) mass is 207 g/mol. The van der Waals surface area contributed by atoms with Crippen LogP contribution < -0.4 is 10.5 Å². The first-order chi connectivity index (χ1) is 7.13. The molecule has 3 nitrogen and oxygen atoms in total. The summed E-state index contributed by atoms with van der Waals surface area (Å²) in [5.74, 6) is 0.260. The molecule has 1 aromatic rings. The van der Waals surface area contributed by atoms with E-state index in [9.17, 15) is 4.79 Å². The Bertz CT molecular complexity index is 319. The van der Waals surface area contributed by atoms with Gasteiger partial charge in [-0.1, -0.05) is 25.5 Å². The quantitative estimate of drug-likeness (QED) is 0.609. The zero-order valence-electron chi connectivity index (χ0n) is 9.19. The number of rotatable bonds is 4. The van der Waals surface area contributed by atoms with E-state index in [1.54, 1.807) is 12.1 Å². The second-order valence-corrected chi connectivity index (χ2v) is 3.56. The third kappa shape index (κ3) is 3.72. The standard InChI is InChI=1S/C12H17NO2/c1-3-4-12(13)10-5-7-11(8-6-10)15-9(2)14/h5-8,12H,3-4,13H2,1-2H3/t12-/m1/s1. The summed E-state index contributed by atoms with van der Waals surface area (Å²) >= 11 is 0. The molecule has 0 fully saturated rings. The maximum Gasteiger partial charge on any atom is 0.308 e. The summed E-state index contributed by atoms with van der Waals surface area (Å²) in [6.07, 6.45) is 2.03. The van der Waals surface area contributed by atoms with Crippen molar-refractivity contribution in [1.82, 2.24) is 0 Å². The Kier molecular flexibility index (Phi) is 4.31. The lowest BCUT2D eigenvalue weighted by atomic mass is 10.0. The van der Waals surface area contributed by atoms with Gasteiger partial charge in [0.2, 0.25) is 0 Å². The van der Waals surface area contributed by atoms with Crippen molar-refractivity contribution in [3.8, 4) is 5.75 Å². The summed E-state index contributed by atoms with van der Waals surface area (Å²) in [5.41, 5.74) is 7.03. The van der Waals surface area contributed by atoms with Gasteiger partial charge in [0, 0.05) is 13.0 Å². The Morgan fingerprint density at radius 1 is 1.40 bits per heavy atom. The molecule has 0 amide bonds. The fourth-order valence-electron chi connectivity index (χ4n) is 1.43. The molecule has 2 N–H and O–H groups in total. The van der Waals surface area contributed by atoms with Crippen LogP contribution in [0.25, 0.3) is 0 Å². The third-order valence-electron chi connectivity index (χ3n) is 2.17. The number of hydrogen-bond acceptors (Lipinski definition) is 3. The van der Waals surface area contributed by atoms with Crippen molar-refractivity contribution in [3.63, 3.8) is 0 Å². The van der Waals surface area contributed by atoms with Gasteiger partial charge in [-0.05, 0) is 24.1 Å². The Balaban J connectivity index is 2.67. The molecule has 0 aromatic heterocycles. The molecule has 15 heavy (non-hydrogen) atoms. The SMILES string of the molecule is CCC[C@@H](N)c1ccc(OC(C)=O)cc1. The maximum absolute atomic E-state index is 10.7. The number of carbonyl (C=O) groups excluding carboxylic acids is 1. The predicted octanol–water partition coefficient (Wildman–Crippen LogP) is 2.41. The third-order valence-corrected chi connectivity index (χ3v) is 2.17. The minimum absolute atomic E-state index is 0.0707. The summed E-state index contributed by atoms with van der Waals surface area (Å²) in [6.45, 7) is 3.49. The van der Waals surface area contributed by atoms with E-state index in [-0.39, 0.29) is 12.0 Å². The molecule has 0 saturated heterocycles. The first-order valence-corrected chi connectivity index (χ1v) is 5.17. The van der Waals surface area contributed by atoms with E-state index < -0.39 is 0 Å². The van der Waals surface area contributed by atoms with Crippen LogP contribution in [0.5, 0.6) is 5.75 Å².